The zero-order chi connectivity index (χ0) is 43.0. The van der Waals surface area contributed by atoms with Crippen LogP contribution in [0.5, 0.6) is 0 Å². The van der Waals surface area contributed by atoms with E-state index in [0.717, 1.165) is 83.6 Å². The van der Waals surface area contributed by atoms with Crippen LogP contribution in [0.2, 0.25) is 0 Å². The highest BCUT2D eigenvalue weighted by Crippen LogP contribution is 2.43. The second-order valence-electron chi connectivity index (χ2n) is 15.9. The van der Waals surface area contributed by atoms with E-state index in [4.69, 9.17) is 19.9 Å². The standard InChI is InChI=1S/C58H38N6/c1-38-17-16-26-44(31-38)45-29-30-55-47(34-45)46-27-14-15-28-54(46)64(55)56-48(57-60-50(40-18-6-2-7-19-40)35-51(61-57)41-20-8-3-9-21-41)32-39(37-59)33-49(56)58-62-52(42-22-10-4-11-23-42)36-53(63-58)43-24-12-5-13-25-43/h2-36H,1H3. The Bertz CT molecular complexity index is 3290. The van der Waals surface area contributed by atoms with Gasteiger partial charge in [-0.25, -0.2) is 19.9 Å². The summed E-state index contributed by atoms with van der Waals surface area (Å²) in [6.45, 7) is 2.12. The van der Waals surface area contributed by atoms with Crippen LogP contribution in [0.25, 0.3) is 106 Å². The Hall–Kier alpha value is -8.79. The van der Waals surface area contributed by atoms with Gasteiger partial charge in [-0.2, -0.15) is 5.26 Å². The maximum absolute atomic E-state index is 10.9. The third kappa shape index (κ3) is 7.07. The number of aryl methyl sites for hydroxylation is 1. The smallest absolute Gasteiger partial charge is 0.162 e. The molecule has 0 fully saturated rings. The molecular formula is C58H38N6. The number of fused-ring (bicyclic) bond motifs is 3. The van der Waals surface area contributed by atoms with Crippen molar-refractivity contribution in [1.82, 2.24) is 24.5 Å². The van der Waals surface area contributed by atoms with Crippen molar-refractivity contribution in [3.8, 4) is 90.7 Å². The van der Waals surface area contributed by atoms with Crippen molar-refractivity contribution in [2.24, 2.45) is 0 Å². The van der Waals surface area contributed by atoms with Crippen LogP contribution in [-0.2, 0) is 0 Å². The zero-order valence-corrected chi connectivity index (χ0v) is 34.9. The van der Waals surface area contributed by atoms with Crippen molar-refractivity contribution in [2.75, 3.05) is 0 Å². The molecule has 0 amide bonds. The number of nitriles is 1. The monoisotopic (exact) mass is 818 g/mol. The summed E-state index contributed by atoms with van der Waals surface area (Å²) in [4.78, 5) is 21.4. The molecule has 6 nitrogen and oxygen atoms in total. The van der Waals surface area contributed by atoms with Crippen LogP contribution in [0.15, 0.2) is 212 Å². The summed E-state index contributed by atoms with van der Waals surface area (Å²) in [6.07, 6.45) is 0. The molecule has 3 aromatic heterocycles. The van der Waals surface area contributed by atoms with Crippen LogP contribution in [0.4, 0.5) is 0 Å². The summed E-state index contributed by atoms with van der Waals surface area (Å²) < 4.78 is 2.29. The molecule has 0 N–H and O–H groups in total. The molecule has 300 valence electrons. The third-order valence-electron chi connectivity index (χ3n) is 11.7. The van der Waals surface area contributed by atoms with E-state index in [1.54, 1.807) is 0 Å². The van der Waals surface area contributed by atoms with Gasteiger partial charge in [0.25, 0.3) is 0 Å². The first kappa shape index (κ1) is 38.2. The molecule has 8 aromatic carbocycles. The Balaban J connectivity index is 1.28. The zero-order valence-electron chi connectivity index (χ0n) is 34.9. The van der Waals surface area contributed by atoms with E-state index in [1.165, 1.54) is 5.56 Å². The van der Waals surface area contributed by atoms with Gasteiger partial charge in [0.1, 0.15) is 0 Å². The Morgan fingerprint density at radius 1 is 0.375 bits per heavy atom. The molecule has 0 saturated carbocycles. The van der Waals surface area contributed by atoms with Crippen molar-refractivity contribution in [2.45, 2.75) is 6.92 Å². The Labute approximate surface area is 371 Å². The first-order valence-corrected chi connectivity index (χ1v) is 21.3. The molecular weight excluding hydrogens is 781 g/mol. The highest BCUT2D eigenvalue weighted by molar-refractivity contribution is 6.11. The summed E-state index contributed by atoms with van der Waals surface area (Å²) in [7, 11) is 0. The van der Waals surface area contributed by atoms with E-state index in [2.05, 4.69) is 133 Å². The molecule has 11 rings (SSSR count). The van der Waals surface area contributed by atoms with Gasteiger partial charge in [-0.1, -0.05) is 175 Å². The lowest BCUT2D eigenvalue weighted by Crippen LogP contribution is -2.06. The van der Waals surface area contributed by atoms with Crippen LogP contribution in [0, 0.1) is 18.3 Å². The number of hydrogen-bond donors (Lipinski definition) is 0. The second-order valence-corrected chi connectivity index (χ2v) is 15.9. The fourth-order valence-electron chi connectivity index (χ4n) is 8.66. The summed E-state index contributed by atoms with van der Waals surface area (Å²) in [5.41, 5.74) is 14.8. The van der Waals surface area contributed by atoms with Crippen molar-refractivity contribution in [1.29, 1.82) is 5.26 Å². The van der Waals surface area contributed by atoms with Crippen molar-refractivity contribution < 1.29 is 0 Å². The molecule has 3 heterocycles. The Morgan fingerprint density at radius 2 is 0.797 bits per heavy atom. The highest BCUT2D eigenvalue weighted by Gasteiger charge is 2.26. The molecule has 0 saturated heterocycles. The van der Waals surface area contributed by atoms with E-state index < -0.39 is 0 Å². The number of hydrogen-bond acceptors (Lipinski definition) is 5. The van der Waals surface area contributed by atoms with Gasteiger partial charge in [-0.05, 0) is 60.5 Å². The number of nitrogens with zero attached hydrogens (tertiary/aromatic N) is 6. The van der Waals surface area contributed by atoms with Crippen LogP contribution >= 0.6 is 0 Å². The van der Waals surface area contributed by atoms with Crippen LogP contribution in [-0.4, -0.2) is 24.5 Å². The fourth-order valence-corrected chi connectivity index (χ4v) is 8.66. The quantitative estimate of drug-likeness (QED) is 0.153. The lowest BCUT2D eigenvalue weighted by Gasteiger charge is -2.20. The minimum absolute atomic E-state index is 0.432. The molecule has 0 atom stereocenters. The topological polar surface area (TPSA) is 80.3 Å². The SMILES string of the molecule is Cc1cccc(-c2ccc3c(c2)c2ccccc2n3-c2c(-c3nc(-c4ccccc4)cc(-c4ccccc4)n3)cc(C#N)cc2-c2nc(-c3ccccc3)cc(-c3ccccc3)n2)c1. The molecule has 0 spiro atoms. The minimum Gasteiger partial charge on any atom is -0.308 e. The van der Waals surface area contributed by atoms with E-state index in [1.807, 2.05) is 97.1 Å². The van der Waals surface area contributed by atoms with Crippen LogP contribution in [0.1, 0.15) is 11.1 Å². The molecule has 0 bridgehead atoms. The maximum Gasteiger partial charge on any atom is 0.162 e. The van der Waals surface area contributed by atoms with E-state index in [0.29, 0.717) is 28.3 Å². The first-order valence-electron chi connectivity index (χ1n) is 21.3. The van der Waals surface area contributed by atoms with Crippen molar-refractivity contribution in [3.63, 3.8) is 0 Å². The third-order valence-corrected chi connectivity index (χ3v) is 11.7. The Morgan fingerprint density at radius 3 is 1.27 bits per heavy atom. The summed E-state index contributed by atoms with van der Waals surface area (Å²) in [5, 5.41) is 13.1. The van der Waals surface area contributed by atoms with Crippen molar-refractivity contribution >= 4 is 21.8 Å². The average molecular weight is 819 g/mol. The lowest BCUT2D eigenvalue weighted by molar-refractivity contribution is 1.12. The van der Waals surface area contributed by atoms with E-state index in [-0.39, 0.29) is 0 Å². The number of rotatable bonds is 8. The van der Waals surface area contributed by atoms with Gasteiger partial charge in [-0.15, -0.1) is 0 Å². The van der Waals surface area contributed by atoms with Gasteiger partial charge in [-0.3, -0.25) is 0 Å². The molecule has 6 heteroatoms. The minimum atomic E-state index is 0.432. The molecule has 0 radical (unpaired) electrons. The van der Waals surface area contributed by atoms with Gasteiger partial charge in [0.2, 0.25) is 0 Å². The van der Waals surface area contributed by atoms with Crippen molar-refractivity contribution in [3.05, 3.63) is 223 Å². The Kier molecular flexibility index (Phi) is 9.68. The van der Waals surface area contributed by atoms with Gasteiger partial charge in [0, 0.05) is 44.2 Å². The largest absolute Gasteiger partial charge is 0.308 e. The summed E-state index contributed by atoms with van der Waals surface area (Å²) >= 11 is 0. The lowest BCUT2D eigenvalue weighted by atomic mass is 9.99. The maximum atomic E-state index is 10.9. The average Bonchev–Trinajstić information content (AvgIpc) is 3.70. The normalized spacial score (nSPS) is 11.2. The van der Waals surface area contributed by atoms with Crippen LogP contribution < -0.4 is 0 Å². The first-order chi connectivity index (χ1) is 31.6. The molecule has 64 heavy (non-hydrogen) atoms. The molecule has 0 aliphatic rings. The number of benzene rings is 8. The van der Waals surface area contributed by atoms with Crippen LogP contribution in [0.3, 0.4) is 0 Å². The van der Waals surface area contributed by atoms with Gasteiger partial charge < -0.3 is 4.57 Å². The predicted molar refractivity (Wildman–Crippen MR) is 259 cm³/mol. The predicted octanol–water partition coefficient (Wildman–Crippen LogP) is 14.2. The summed E-state index contributed by atoms with van der Waals surface area (Å²) in [5.74, 6) is 0.941. The highest BCUT2D eigenvalue weighted by atomic mass is 15.0. The van der Waals surface area contributed by atoms with Gasteiger partial charge >= 0.3 is 0 Å². The second kappa shape index (κ2) is 16.2. The fraction of sp³-hybridized carbons (Fsp3) is 0.0172. The molecule has 0 aliphatic carbocycles. The number of para-hydroxylation sites is 1. The molecule has 0 aliphatic heterocycles. The van der Waals surface area contributed by atoms with E-state index in [9.17, 15) is 5.26 Å². The van der Waals surface area contributed by atoms with Gasteiger partial charge in [0.05, 0.1) is 51.1 Å². The molecule has 0 unspecified atom stereocenters. The number of aromatic nitrogens is 5. The summed E-state index contributed by atoms with van der Waals surface area (Å²) in [6, 6.07) is 74.8. The molecule has 11 aromatic rings. The van der Waals surface area contributed by atoms with Gasteiger partial charge in [0.15, 0.2) is 11.6 Å². The van der Waals surface area contributed by atoms with E-state index >= 15 is 0 Å².